The number of amidine groups is 1. The van der Waals surface area contributed by atoms with Crippen molar-refractivity contribution in [1.29, 1.82) is 0 Å². The van der Waals surface area contributed by atoms with Crippen LogP contribution in [0.5, 0.6) is 0 Å². The molecule has 13 heavy (non-hydrogen) atoms. The Labute approximate surface area is 81.2 Å². The lowest BCUT2D eigenvalue weighted by molar-refractivity contribution is 0.728. The monoisotopic (exact) mass is 196 g/mol. The zero-order valence-electron chi connectivity index (χ0n) is 7.45. The van der Waals surface area contributed by atoms with Gasteiger partial charge in [-0.2, -0.15) is 5.10 Å². The van der Waals surface area contributed by atoms with Gasteiger partial charge in [0.05, 0.1) is 12.7 Å². The van der Waals surface area contributed by atoms with Gasteiger partial charge in [-0.3, -0.25) is 10.1 Å². The van der Waals surface area contributed by atoms with Crippen molar-refractivity contribution in [3.8, 4) is 0 Å². The molecule has 1 unspecified atom stereocenters. The largest absolute Gasteiger partial charge is 0.361 e. The fraction of sp³-hybridized carbons (Fsp3) is 0.500. The van der Waals surface area contributed by atoms with Crippen molar-refractivity contribution >= 4 is 16.9 Å². The third-order valence-corrected chi connectivity index (χ3v) is 2.81. The van der Waals surface area contributed by atoms with Gasteiger partial charge >= 0.3 is 0 Å². The summed E-state index contributed by atoms with van der Waals surface area (Å²) >= 11 is 1.72. The molecule has 70 valence electrons. The van der Waals surface area contributed by atoms with Gasteiger partial charge in [-0.15, -0.1) is 0 Å². The first-order chi connectivity index (χ1) is 6.34. The molecule has 1 aromatic rings. The van der Waals surface area contributed by atoms with E-state index in [1.54, 1.807) is 11.8 Å². The van der Waals surface area contributed by atoms with Crippen molar-refractivity contribution in [2.45, 2.75) is 18.7 Å². The standard InChI is InChI=1S/C8H12N4S/c1-6-2-9-8(12-6)13-5-7-3-10-11-4-7/h3-4,6H,2,5H2,1H3,(H,9,12)(H,10,11). The molecule has 0 saturated carbocycles. The van der Waals surface area contributed by atoms with E-state index in [4.69, 9.17) is 0 Å². The molecule has 1 aromatic heterocycles. The Morgan fingerprint density at radius 3 is 3.23 bits per heavy atom. The summed E-state index contributed by atoms with van der Waals surface area (Å²) in [6, 6.07) is 0.492. The van der Waals surface area contributed by atoms with E-state index in [-0.39, 0.29) is 0 Å². The molecular formula is C8H12N4S. The predicted molar refractivity (Wildman–Crippen MR) is 54.8 cm³/mol. The summed E-state index contributed by atoms with van der Waals surface area (Å²) in [6.45, 7) is 3.03. The van der Waals surface area contributed by atoms with Crippen molar-refractivity contribution in [3.63, 3.8) is 0 Å². The Bertz CT molecular complexity index is 293. The summed E-state index contributed by atoms with van der Waals surface area (Å²) in [6.07, 6.45) is 3.75. The van der Waals surface area contributed by atoms with Crippen LogP contribution in [0, 0.1) is 0 Å². The number of hydrogen-bond donors (Lipinski definition) is 2. The van der Waals surface area contributed by atoms with Gasteiger partial charge in [0.1, 0.15) is 0 Å². The molecule has 2 N–H and O–H groups in total. The fourth-order valence-corrected chi connectivity index (χ4v) is 2.03. The first-order valence-corrected chi connectivity index (χ1v) is 5.24. The summed E-state index contributed by atoms with van der Waals surface area (Å²) in [5.41, 5.74) is 1.20. The number of hydrogen-bond acceptors (Lipinski definition) is 4. The second-order valence-corrected chi connectivity index (χ2v) is 4.05. The average Bonchev–Trinajstić information content (AvgIpc) is 2.71. The molecule has 0 bridgehead atoms. The highest BCUT2D eigenvalue weighted by Gasteiger charge is 2.12. The van der Waals surface area contributed by atoms with Gasteiger partial charge in [0.15, 0.2) is 5.17 Å². The zero-order valence-corrected chi connectivity index (χ0v) is 8.27. The smallest absolute Gasteiger partial charge is 0.157 e. The van der Waals surface area contributed by atoms with Crippen LogP contribution in [0.3, 0.4) is 0 Å². The maximum Gasteiger partial charge on any atom is 0.157 e. The van der Waals surface area contributed by atoms with Gasteiger partial charge < -0.3 is 5.32 Å². The third-order valence-electron chi connectivity index (χ3n) is 1.81. The molecule has 2 rings (SSSR count). The summed E-state index contributed by atoms with van der Waals surface area (Å²) in [5, 5.41) is 11.0. The Morgan fingerprint density at radius 1 is 1.69 bits per heavy atom. The van der Waals surface area contributed by atoms with Crippen molar-refractivity contribution in [2.24, 2.45) is 4.99 Å². The zero-order chi connectivity index (χ0) is 9.10. The normalized spacial score (nSPS) is 21.3. The topological polar surface area (TPSA) is 53.1 Å². The number of H-pyrrole nitrogens is 1. The van der Waals surface area contributed by atoms with Crippen LogP contribution < -0.4 is 5.32 Å². The molecule has 0 saturated heterocycles. The Morgan fingerprint density at radius 2 is 2.62 bits per heavy atom. The van der Waals surface area contributed by atoms with Crippen LogP contribution in [0.15, 0.2) is 17.4 Å². The molecule has 1 atom stereocenters. The minimum absolute atomic E-state index is 0.492. The number of nitrogens with one attached hydrogen (secondary N) is 2. The van der Waals surface area contributed by atoms with E-state index in [1.165, 1.54) is 5.56 Å². The fourth-order valence-electron chi connectivity index (χ4n) is 1.12. The first-order valence-electron chi connectivity index (χ1n) is 4.26. The van der Waals surface area contributed by atoms with Crippen molar-refractivity contribution in [1.82, 2.24) is 15.5 Å². The van der Waals surface area contributed by atoms with E-state index < -0.39 is 0 Å². The van der Waals surface area contributed by atoms with Gasteiger partial charge in [0, 0.05) is 23.6 Å². The first kappa shape index (κ1) is 8.62. The van der Waals surface area contributed by atoms with Gasteiger partial charge in [0.25, 0.3) is 0 Å². The summed E-state index contributed by atoms with van der Waals surface area (Å²) in [7, 11) is 0. The Hall–Kier alpha value is -0.970. The predicted octanol–water partition coefficient (Wildman–Crippen LogP) is 0.991. The van der Waals surface area contributed by atoms with Crippen LogP contribution in [-0.2, 0) is 5.75 Å². The number of aromatic nitrogens is 2. The second-order valence-electron chi connectivity index (χ2n) is 3.09. The molecule has 5 heteroatoms. The van der Waals surface area contributed by atoms with Crippen LogP contribution in [0.25, 0.3) is 0 Å². The van der Waals surface area contributed by atoms with Crippen LogP contribution in [-0.4, -0.2) is 28.0 Å². The molecule has 0 fully saturated rings. The highest BCUT2D eigenvalue weighted by Crippen LogP contribution is 2.14. The minimum atomic E-state index is 0.492. The summed E-state index contributed by atoms with van der Waals surface area (Å²) in [5.74, 6) is 0.926. The Balaban J connectivity index is 1.81. The van der Waals surface area contributed by atoms with Gasteiger partial charge in [0.2, 0.25) is 0 Å². The van der Waals surface area contributed by atoms with E-state index in [0.717, 1.165) is 17.5 Å². The van der Waals surface area contributed by atoms with Crippen molar-refractivity contribution in [3.05, 3.63) is 18.0 Å². The highest BCUT2D eigenvalue weighted by atomic mass is 32.2. The maximum absolute atomic E-state index is 4.35. The lowest BCUT2D eigenvalue weighted by Gasteiger charge is -2.03. The summed E-state index contributed by atoms with van der Waals surface area (Å²) < 4.78 is 0. The molecule has 0 aliphatic carbocycles. The van der Waals surface area contributed by atoms with Crippen molar-refractivity contribution < 1.29 is 0 Å². The number of nitrogens with zero attached hydrogens (tertiary/aromatic N) is 2. The number of aromatic amines is 1. The minimum Gasteiger partial charge on any atom is -0.361 e. The summed E-state index contributed by atoms with van der Waals surface area (Å²) in [4.78, 5) is 4.35. The van der Waals surface area contributed by atoms with Crippen LogP contribution in [0.1, 0.15) is 12.5 Å². The van der Waals surface area contributed by atoms with Crippen LogP contribution in [0.4, 0.5) is 0 Å². The van der Waals surface area contributed by atoms with Gasteiger partial charge in [-0.25, -0.2) is 0 Å². The van der Waals surface area contributed by atoms with Gasteiger partial charge in [-0.1, -0.05) is 11.8 Å². The number of thioether (sulfide) groups is 1. The van der Waals surface area contributed by atoms with E-state index in [2.05, 4.69) is 27.4 Å². The van der Waals surface area contributed by atoms with E-state index in [9.17, 15) is 0 Å². The Kier molecular flexibility index (Phi) is 2.54. The number of aliphatic imine (C=N–C) groups is 1. The molecule has 0 aromatic carbocycles. The highest BCUT2D eigenvalue weighted by molar-refractivity contribution is 8.13. The van der Waals surface area contributed by atoms with E-state index in [0.29, 0.717) is 6.04 Å². The van der Waals surface area contributed by atoms with E-state index >= 15 is 0 Å². The molecule has 0 spiro atoms. The average molecular weight is 196 g/mol. The second kappa shape index (κ2) is 3.83. The molecule has 1 aliphatic rings. The van der Waals surface area contributed by atoms with Crippen molar-refractivity contribution in [2.75, 3.05) is 6.54 Å². The van der Waals surface area contributed by atoms with Crippen LogP contribution in [0.2, 0.25) is 0 Å². The molecule has 2 heterocycles. The molecule has 4 nitrogen and oxygen atoms in total. The number of rotatable bonds is 2. The molecule has 0 amide bonds. The van der Waals surface area contributed by atoms with Gasteiger partial charge in [-0.05, 0) is 6.92 Å². The van der Waals surface area contributed by atoms with E-state index in [1.807, 2.05) is 12.4 Å². The SMILES string of the molecule is CC1CN=C(SCc2cn[nH]c2)N1. The molecule has 1 aliphatic heterocycles. The molecular weight excluding hydrogens is 184 g/mol. The quantitative estimate of drug-likeness (QED) is 0.741. The van der Waals surface area contributed by atoms with Crippen LogP contribution >= 0.6 is 11.8 Å². The lowest BCUT2D eigenvalue weighted by Crippen LogP contribution is -2.25. The lowest BCUT2D eigenvalue weighted by atomic mass is 10.4. The maximum atomic E-state index is 4.35. The third kappa shape index (κ3) is 2.24. The molecule has 0 radical (unpaired) electrons.